The second-order valence-electron chi connectivity index (χ2n) is 4.22. The lowest BCUT2D eigenvalue weighted by Crippen LogP contribution is -2.26. The van der Waals surface area contributed by atoms with Gasteiger partial charge < -0.3 is 10.1 Å². The fourth-order valence-corrected chi connectivity index (χ4v) is 2.14. The average molecular weight is 245 g/mol. The van der Waals surface area contributed by atoms with Crippen LogP contribution in [0.15, 0.2) is 18.2 Å². The number of para-hydroxylation sites is 1. The normalized spacial score (nSPS) is 17.9. The zero-order valence-electron chi connectivity index (χ0n) is 9.69. The minimum atomic E-state index is -4.38. The third kappa shape index (κ3) is 1.99. The second-order valence-corrected chi connectivity index (χ2v) is 4.22. The van der Waals surface area contributed by atoms with E-state index in [1.165, 1.54) is 13.2 Å². The molecule has 0 atom stereocenters. The van der Waals surface area contributed by atoms with Crippen LogP contribution < -0.4 is 10.1 Å². The number of rotatable bonds is 3. The molecular weight excluding hydrogens is 231 g/mol. The topological polar surface area (TPSA) is 21.3 Å². The maximum Gasteiger partial charge on any atom is 0.419 e. The van der Waals surface area contributed by atoms with Gasteiger partial charge in [0.15, 0.2) is 0 Å². The van der Waals surface area contributed by atoms with E-state index in [9.17, 15) is 13.2 Å². The maximum absolute atomic E-state index is 12.8. The smallest absolute Gasteiger partial charge is 0.419 e. The van der Waals surface area contributed by atoms with E-state index in [0.717, 1.165) is 18.9 Å². The molecule has 0 aliphatic heterocycles. The van der Waals surface area contributed by atoms with Gasteiger partial charge in [0, 0.05) is 11.1 Å². The summed E-state index contributed by atoms with van der Waals surface area (Å²) in [5.41, 5.74) is -0.455. The van der Waals surface area contributed by atoms with Crippen LogP contribution in [0.3, 0.4) is 0 Å². The third-order valence-corrected chi connectivity index (χ3v) is 3.27. The number of alkyl halides is 3. The molecule has 0 bridgehead atoms. The summed E-state index contributed by atoms with van der Waals surface area (Å²) in [6.45, 7) is 0. The molecule has 0 heterocycles. The SMILES string of the molecule is CNC1(c2cccc(C(F)(F)F)c2OC)CC1. The fourth-order valence-electron chi connectivity index (χ4n) is 2.14. The Bertz CT molecular complexity index is 424. The van der Waals surface area contributed by atoms with E-state index in [0.29, 0.717) is 5.56 Å². The highest BCUT2D eigenvalue weighted by Crippen LogP contribution is 2.51. The Morgan fingerprint density at radius 3 is 2.35 bits per heavy atom. The van der Waals surface area contributed by atoms with Gasteiger partial charge in [-0.15, -0.1) is 0 Å². The van der Waals surface area contributed by atoms with Crippen molar-refractivity contribution in [2.24, 2.45) is 0 Å². The molecule has 0 spiro atoms. The molecule has 1 aliphatic carbocycles. The maximum atomic E-state index is 12.8. The summed E-state index contributed by atoms with van der Waals surface area (Å²) >= 11 is 0. The lowest BCUT2D eigenvalue weighted by atomic mass is 10.00. The number of ether oxygens (including phenoxy) is 1. The molecule has 5 heteroatoms. The van der Waals surface area contributed by atoms with Gasteiger partial charge in [0.2, 0.25) is 0 Å². The number of nitrogens with one attached hydrogen (secondary N) is 1. The van der Waals surface area contributed by atoms with Gasteiger partial charge in [0.05, 0.1) is 12.7 Å². The monoisotopic (exact) mass is 245 g/mol. The molecule has 0 saturated heterocycles. The lowest BCUT2D eigenvalue weighted by Gasteiger charge is -2.21. The van der Waals surface area contributed by atoms with Gasteiger partial charge in [0.1, 0.15) is 5.75 Å². The summed E-state index contributed by atoms with van der Waals surface area (Å²) in [6, 6.07) is 4.17. The van der Waals surface area contributed by atoms with Gasteiger partial charge in [-0.25, -0.2) is 0 Å². The summed E-state index contributed by atoms with van der Waals surface area (Å²) < 4.78 is 43.5. The van der Waals surface area contributed by atoms with Gasteiger partial charge in [-0.2, -0.15) is 13.2 Å². The molecule has 0 amide bonds. The number of benzene rings is 1. The molecule has 2 nitrogen and oxygen atoms in total. The summed E-state index contributed by atoms with van der Waals surface area (Å²) in [6.07, 6.45) is -2.71. The molecule has 1 aromatic carbocycles. The van der Waals surface area contributed by atoms with E-state index in [1.54, 1.807) is 13.1 Å². The van der Waals surface area contributed by atoms with Gasteiger partial charge in [-0.05, 0) is 26.0 Å². The van der Waals surface area contributed by atoms with Crippen molar-refractivity contribution in [3.8, 4) is 5.75 Å². The Balaban J connectivity index is 2.55. The standard InChI is InChI=1S/C12H14F3NO/c1-16-11(6-7-11)8-4-3-5-9(10(8)17-2)12(13,14)15/h3-5,16H,6-7H2,1-2H3. The molecule has 17 heavy (non-hydrogen) atoms. The van der Waals surface area contributed by atoms with E-state index in [1.807, 2.05) is 0 Å². The van der Waals surface area contributed by atoms with Crippen molar-refractivity contribution in [1.29, 1.82) is 0 Å². The molecule has 0 unspecified atom stereocenters. The van der Waals surface area contributed by atoms with E-state index >= 15 is 0 Å². The van der Waals surface area contributed by atoms with Crippen LogP contribution in [0.5, 0.6) is 5.75 Å². The summed E-state index contributed by atoms with van der Waals surface area (Å²) in [5.74, 6) is -0.0631. The Morgan fingerprint density at radius 2 is 1.94 bits per heavy atom. The number of hydrogen-bond donors (Lipinski definition) is 1. The third-order valence-electron chi connectivity index (χ3n) is 3.27. The minimum Gasteiger partial charge on any atom is -0.496 e. The number of halogens is 3. The van der Waals surface area contributed by atoms with Gasteiger partial charge in [0.25, 0.3) is 0 Å². The van der Waals surface area contributed by atoms with Crippen molar-refractivity contribution in [2.75, 3.05) is 14.2 Å². The largest absolute Gasteiger partial charge is 0.496 e. The first kappa shape index (κ1) is 12.2. The van der Waals surface area contributed by atoms with Crippen LogP contribution in [0.1, 0.15) is 24.0 Å². The van der Waals surface area contributed by atoms with E-state index in [2.05, 4.69) is 5.32 Å². The van der Waals surface area contributed by atoms with Crippen LogP contribution in [-0.4, -0.2) is 14.2 Å². The molecule has 1 N–H and O–H groups in total. The van der Waals surface area contributed by atoms with Crippen molar-refractivity contribution in [3.05, 3.63) is 29.3 Å². The highest BCUT2D eigenvalue weighted by Gasteiger charge is 2.47. The molecule has 0 aromatic heterocycles. The predicted molar refractivity (Wildman–Crippen MR) is 58.0 cm³/mol. The molecule has 1 saturated carbocycles. The van der Waals surface area contributed by atoms with E-state index in [-0.39, 0.29) is 11.3 Å². The second kappa shape index (κ2) is 3.91. The number of hydrogen-bond acceptors (Lipinski definition) is 2. The zero-order chi connectivity index (χ0) is 12.7. The molecule has 1 aromatic rings. The summed E-state index contributed by atoms with van der Waals surface area (Å²) in [4.78, 5) is 0. The lowest BCUT2D eigenvalue weighted by molar-refractivity contribution is -0.138. The molecule has 1 aliphatic rings. The molecule has 2 rings (SSSR count). The Kier molecular flexibility index (Phi) is 2.81. The highest BCUT2D eigenvalue weighted by molar-refractivity contribution is 5.49. The first-order valence-electron chi connectivity index (χ1n) is 5.38. The Hall–Kier alpha value is -1.23. The minimum absolute atomic E-state index is 0.0631. The predicted octanol–water partition coefficient (Wildman–Crippen LogP) is 2.92. The Morgan fingerprint density at radius 1 is 1.29 bits per heavy atom. The van der Waals surface area contributed by atoms with E-state index in [4.69, 9.17) is 4.74 Å². The van der Waals surface area contributed by atoms with Crippen molar-refractivity contribution in [2.45, 2.75) is 24.6 Å². The quantitative estimate of drug-likeness (QED) is 0.884. The zero-order valence-corrected chi connectivity index (χ0v) is 9.69. The van der Waals surface area contributed by atoms with Crippen LogP contribution in [-0.2, 0) is 11.7 Å². The molecular formula is C12H14F3NO. The van der Waals surface area contributed by atoms with Crippen LogP contribution >= 0.6 is 0 Å². The van der Waals surface area contributed by atoms with Crippen molar-refractivity contribution >= 4 is 0 Å². The van der Waals surface area contributed by atoms with Gasteiger partial charge >= 0.3 is 6.18 Å². The van der Waals surface area contributed by atoms with Crippen LogP contribution in [0.4, 0.5) is 13.2 Å². The van der Waals surface area contributed by atoms with Crippen molar-refractivity contribution in [3.63, 3.8) is 0 Å². The highest BCUT2D eigenvalue weighted by atomic mass is 19.4. The van der Waals surface area contributed by atoms with E-state index < -0.39 is 11.7 Å². The first-order chi connectivity index (χ1) is 7.94. The Labute approximate surface area is 97.8 Å². The van der Waals surface area contributed by atoms with Crippen LogP contribution in [0.25, 0.3) is 0 Å². The molecule has 1 fully saturated rings. The van der Waals surface area contributed by atoms with Crippen molar-refractivity contribution < 1.29 is 17.9 Å². The fraction of sp³-hybridized carbons (Fsp3) is 0.500. The number of methoxy groups -OCH3 is 1. The van der Waals surface area contributed by atoms with Gasteiger partial charge in [-0.3, -0.25) is 0 Å². The average Bonchev–Trinajstić information content (AvgIpc) is 3.07. The molecule has 0 radical (unpaired) electrons. The summed E-state index contributed by atoms with van der Waals surface area (Å²) in [5, 5.41) is 3.07. The van der Waals surface area contributed by atoms with Crippen LogP contribution in [0, 0.1) is 0 Å². The van der Waals surface area contributed by atoms with Crippen LogP contribution in [0.2, 0.25) is 0 Å². The first-order valence-corrected chi connectivity index (χ1v) is 5.38. The summed E-state index contributed by atoms with van der Waals surface area (Å²) in [7, 11) is 3.03. The van der Waals surface area contributed by atoms with Crippen molar-refractivity contribution in [1.82, 2.24) is 5.32 Å². The van der Waals surface area contributed by atoms with Gasteiger partial charge in [-0.1, -0.05) is 12.1 Å². The molecule has 94 valence electrons.